The Morgan fingerprint density at radius 3 is 2.95 bits per heavy atom. The van der Waals surface area contributed by atoms with Gasteiger partial charge in [-0.25, -0.2) is 0 Å². The minimum Gasteiger partial charge on any atom is -0.326 e. The molecule has 4 aliphatic carbocycles. The van der Waals surface area contributed by atoms with E-state index in [2.05, 4.69) is 22.2 Å². The summed E-state index contributed by atoms with van der Waals surface area (Å²) in [5.74, 6) is 1.89. The van der Waals surface area contributed by atoms with Crippen molar-refractivity contribution in [2.45, 2.75) is 49.7 Å². The van der Waals surface area contributed by atoms with Gasteiger partial charge in [-0.15, -0.1) is 0 Å². The van der Waals surface area contributed by atoms with Crippen LogP contribution in [0.1, 0.15) is 48.2 Å². The Morgan fingerprint density at radius 2 is 2.18 bits per heavy atom. The van der Waals surface area contributed by atoms with Gasteiger partial charge in [-0.3, -0.25) is 9.78 Å². The van der Waals surface area contributed by atoms with Crippen molar-refractivity contribution in [3.63, 3.8) is 0 Å². The molecule has 5 aliphatic rings. The van der Waals surface area contributed by atoms with E-state index in [-0.39, 0.29) is 11.4 Å². The highest BCUT2D eigenvalue weighted by molar-refractivity contribution is 5.98. The van der Waals surface area contributed by atoms with Crippen LogP contribution in [0.3, 0.4) is 0 Å². The molecule has 4 heteroatoms. The fourth-order valence-corrected chi connectivity index (χ4v) is 7.65. The second kappa shape index (κ2) is 3.25. The van der Waals surface area contributed by atoms with Crippen LogP contribution < -0.4 is 5.32 Å². The lowest BCUT2D eigenvalue weighted by atomic mass is 9.31. The summed E-state index contributed by atoms with van der Waals surface area (Å²) in [6, 6.07) is 3.84. The normalized spacial score (nSPS) is 49.7. The predicted molar refractivity (Wildman–Crippen MR) is 81.1 cm³/mol. The van der Waals surface area contributed by atoms with Gasteiger partial charge in [-0.05, 0) is 63.1 Å². The summed E-state index contributed by atoms with van der Waals surface area (Å²) in [4.78, 5) is 19.7. The Balaban J connectivity index is 1.47. The zero-order valence-electron chi connectivity index (χ0n) is 12.9. The van der Waals surface area contributed by atoms with Gasteiger partial charge < -0.3 is 10.2 Å². The van der Waals surface area contributed by atoms with E-state index < -0.39 is 0 Å². The van der Waals surface area contributed by atoms with Crippen LogP contribution in [0.5, 0.6) is 0 Å². The molecule has 1 amide bonds. The molecule has 4 saturated carbocycles. The summed E-state index contributed by atoms with van der Waals surface area (Å²) in [5, 5.41) is 3.69. The smallest absolute Gasteiger partial charge is 0.256 e. The molecule has 6 rings (SSSR count). The third-order valence-corrected chi connectivity index (χ3v) is 8.10. The molecule has 1 aromatic heterocycles. The molecule has 1 aliphatic heterocycles. The number of fused-ring (bicyclic) bond motifs is 2. The topological polar surface area (TPSA) is 45.2 Å². The fraction of sp³-hybridized carbons (Fsp3) is 0.667. The molecule has 1 spiro atoms. The lowest BCUT2D eigenvalue weighted by Crippen LogP contribution is -2.86. The molecule has 0 radical (unpaired) electrons. The lowest BCUT2D eigenvalue weighted by Gasteiger charge is -2.79. The molecular formula is C18H21N3O. The zero-order chi connectivity index (χ0) is 14.7. The van der Waals surface area contributed by atoms with Gasteiger partial charge in [0.1, 0.15) is 0 Å². The maximum absolute atomic E-state index is 13.0. The highest BCUT2D eigenvalue weighted by Crippen LogP contribution is 2.85. The third kappa shape index (κ3) is 0.907. The summed E-state index contributed by atoms with van der Waals surface area (Å²) in [6.07, 6.45) is 8.27. The summed E-state index contributed by atoms with van der Waals surface area (Å²) in [7, 11) is 2.14. The van der Waals surface area contributed by atoms with Crippen LogP contribution in [0.25, 0.3) is 0 Å². The summed E-state index contributed by atoms with van der Waals surface area (Å²) in [6.45, 7) is 0.732. The average Bonchev–Trinajstić information content (AvgIpc) is 3.10. The molecule has 1 N–H and O–H groups in total. The summed E-state index contributed by atoms with van der Waals surface area (Å²) < 4.78 is 0. The Labute approximate surface area is 130 Å². The van der Waals surface area contributed by atoms with E-state index in [9.17, 15) is 4.79 Å². The number of amides is 1. The van der Waals surface area contributed by atoms with E-state index in [1.807, 2.05) is 18.3 Å². The number of nitrogens with one attached hydrogen (secondary N) is 1. The first kappa shape index (κ1) is 12.1. The van der Waals surface area contributed by atoms with Gasteiger partial charge in [-0.1, -0.05) is 0 Å². The average molecular weight is 295 g/mol. The number of pyridine rings is 1. The molecule has 22 heavy (non-hydrogen) atoms. The zero-order valence-corrected chi connectivity index (χ0v) is 12.9. The molecule has 2 bridgehead atoms. The van der Waals surface area contributed by atoms with E-state index in [4.69, 9.17) is 0 Å². The molecule has 1 aromatic rings. The van der Waals surface area contributed by atoms with Gasteiger partial charge in [-0.2, -0.15) is 0 Å². The first-order chi connectivity index (χ1) is 10.7. The number of hydrogen-bond acceptors (Lipinski definition) is 3. The van der Waals surface area contributed by atoms with Crippen molar-refractivity contribution < 1.29 is 4.79 Å². The van der Waals surface area contributed by atoms with Gasteiger partial charge in [0.05, 0.1) is 23.3 Å². The largest absolute Gasteiger partial charge is 0.326 e. The number of carbonyl (C=O) groups excluding carboxylic acids is 1. The van der Waals surface area contributed by atoms with Crippen LogP contribution >= 0.6 is 0 Å². The second-order valence-corrected chi connectivity index (χ2v) is 8.31. The van der Waals surface area contributed by atoms with Crippen molar-refractivity contribution in [1.82, 2.24) is 15.2 Å². The SMILES string of the molecule is CNC12CC3CC4(N5Cc6ncccc6C5=O)CC(C1)C24C3. The van der Waals surface area contributed by atoms with Crippen molar-refractivity contribution in [2.75, 3.05) is 7.05 Å². The second-order valence-electron chi connectivity index (χ2n) is 8.31. The maximum Gasteiger partial charge on any atom is 0.256 e. The van der Waals surface area contributed by atoms with Gasteiger partial charge in [0.25, 0.3) is 5.91 Å². The van der Waals surface area contributed by atoms with Crippen LogP contribution in [0, 0.1) is 17.3 Å². The van der Waals surface area contributed by atoms with Gasteiger partial charge in [0, 0.05) is 17.2 Å². The number of rotatable bonds is 2. The maximum atomic E-state index is 13.0. The molecule has 4 nitrogen and oxygen atoms in total. The van der Waals surface area contributed by atoms with Crippen LogP contribution in [-0.2, 0) is 6.54 Å². The standard InChI is InChI=1S/C18H21N3O/c1-19-16-5-11-6-17(9-12(8-16)18(16,17)7-11)21-10-14-13(15(21)22)3-2-4-20-14/h2-4,11-12,19H,5-10H2,1H3. The number of carbonyl (C=O) groups is 1. The Hall–Kier alpha value is -1.42. The summed E-state index contributed by atoms with van der Waals surface area (Å²) in [5.41, 5.74) is 2.64. The number of nitrogens with zero attached hydrogens (tertiary/aromatic N) is 2. The Kier molecular flexibility index (Phi) is 1.78. The van der Waals surface area contributed by atoms with Crippen molar-refractivity contribution in [3.05, 3.63) is 29.6 Å². The molecule has 4 fully saturated rings. The molecule has 2 heterocycles. The molecular weight excluding hydrogens is 274 g/mol. The van der Waals surface area contributed by atoms with E-state index in [0.717, 1.165) is 29.6 Å². The van der Waals surface area contributed by atoms with Crippen LogP contribution in [0.4, 0.5) is 0 Å². The van der Waals surface area contributed by atoms with Crippen molar-refractivity contribution in [2.24, 2.45) is 17.3 Å². The van der Waals surface area contributed by atoms with E-state index in [1.165, 1.54) is 32.1 Å². The van der Waals surface area contributed by atoms with E-state index in [0.29, 0.717) is 11.0 Å². The highest BCUT2D eigenvalue weighted by atomic mass is 16.2. The van der Waals surface area contributed by atoms with Crippen molar-refractivity contribution in [1.29, 1.82) is 0 Å². The quantitative estimate of drug-likeness (QED) is 0.907. The summed E-state index contributed by atoms with van der Waals surface area (Å²) >= 11 is 0. The first-order valence-corrected chi connectivity index (χ1v) is 8.61. The van der Waals surface area contributed by atoms with Gasteiger partial charge in [0.2, 0.25) is 0 Å². The third-order valence-electron chi connectivity index (χ3n) is 8.10. The molecule has 0 saturated heterocycles. The molecule has 5 unspecified atom stereocenters. The van der Waals surface area contributed by atoms with E-state index >= 15 is 0 Å². The Morgan fingerprint density at radius 1 is 1.27 bits per heavy atom. The minimum absolute atomic E-state index is 0.125. The Bertz CT molecular complexity index is 733. The predicted octanol–water partition coefficient (Wildman–Crippen LogP) is 1.96. The lowest BCUT2D eigenvalue weighted by molar-refractivity contribution is -0.262. The van der Waals surface area contributed by atoms with Crippen molar-refractivity contribution >= 4 is 5.91 Å². The van der Waals surface area contributed by atoms with Crippen LogP contribution in [0.15, 0.2) is 18.3 Å². The molecule has 0 aromatic carbocycles. The van der Waals surface area contributed by atoms with Crippen LogP contribution in [0.2, 0.25) is 0 Å². The van der Waals surface area contributed by atoms with Gasteiger partial charge >= 0.3 is 0 Å². The van der Waals surface area contributed by atoms with Crippen molar-refractivity contribution in [3.8, 4) is 0 Å². The van der Waals surface area contributed by atoms with Gasteiger partial charge in [0.15, 0.2) is 0 Å². The minimum atomic E-state index is 0.125. The number of aromatic nitrogens is 1. The van der Waals surface area contributed by atoms with E-state index in [1.54, 1.807) is 0 Å². The number of hydrogen-bond donors (Lipinski definition) is 1. The van der Waals surface area contributed by atoms with Crippen LogP contribution in [-0.4, -0.2) is 33.9 Å². The monoisotopic (exact) mass is 295 g/mol. The highest BCUT2D eigenvalue weighted by Gasteiger charge is 2.88. The first-order valence-electron chi connectivity index (χ1n) is 8.61. The molecule has 114 valence electrons. The fourth-order valence-electron chi connectivity index (χ4n) is 7.65. The molecule has 5 atom stereocenters.